The third-order valence-electron chi connectivity index (χ3n) is 4.56. The molecule has 2 aliphatic rings. The summed E-state index contributed by atoms with van der Waals surface area (Å²) in [7, 11) is 1.75. The zero-order valence-corrected chi connectivity index (χ0v) is 14.1. The number of thiazole rings is 1. The van der Waals surface area contributed by atoms with Gasteiger partial charge in [-0.05, 0) is 19.3 Å². The lowest BCUT2D eigenvalue weighted by atomic mass is 9.95. The maximum absolute atomic E-state index is 12.4. The van der Waals surface area contributed by atoms with Crippen LogP contribution < -0.4 is 5.73 Å². The van der Waals surface area contributed by atoms with Gasteiger partial charge in [-0.15, -0.1) is 11.3 Å². The van der Waals surface area contributed by atoms with E-state index in [0.29, 0.717) is 37.5 Å². The van der Waals surface area contributed by atoms with Crippen LogP contribution in [0.3, 0.4) is 0 Å². The number of rotatable bonds is 3. The summed E-state index contributed by atoms with van der Waals surface area (Å²) in [6, 6.07) is 0. The lowest BCUT2D eigenvalue weighted by Gasteiger charge is -2.25. The summed E-state index contributed by atoms with van der Waals surface area (Å²) in [5.41, 5.74) is 6.07. The first kappa shape index (κ1) is 16.0. The minimum atomic E-state index is -0.412. The summed E-state index contributed by atoms with van der Waals surface area (Å²) >= 11 is 1.40. The molecule has 0 saturated carbocycles. The van der Waals surface area contributed by atoms with Crippen LogP contribution in [0.1, 0.15) is 31.4 Å². The molecule has 2 N–H and O–H groups in total. The maximum Gasteiger partial charge on any atom is 0.410 e. The van der Waals surface area contributed by atoms with E-state index in [1.165, 1.54) is 11.3 Å². The van der Waals surface area contributed by atoms with Gasteiger partial charge in [0.1, 0.15) is 5.60 Å². The van der Waals surface area contributed by atoms with Crippen molar-refractivity contribution < 1.29 is 14.3 Å². The van der Waals surface area contributed by atoms with Crippen LogP contribution in [-0.2, 0) is 16.0 Å². The van der Waals surface area contributed by atoms with Gasteiger partial charge in [0.2, 0.25) is 5.91 Å². The Hall–Kier alpha value is -1.83. The molecule has 0 unspecified atom stereocenters. The Labute approximate surface area is 139 Å². The van der Waals surface area contributed by atoms with E-state index in [1.807, 2.05) is 10.3 Å². The number of amides is 2. The van der Waals surface area contributed by atoms with E-state index < -0.39 is 5.60 Å². The van der Waals surface area contributed by atoms with Crippen LogP contribution in [0.2, 0.25) is 0 Å². The van der Waals surface area contributed by atoms with Gasteiger partial charge in [-0.25, -0.2) is 9.78 Å². The topological polar surface area (TPSA) is 88.8 Å². The van der Waals surface area contributed by atoms with Crippen LogP contribution in [-0.4, -0.2) is 59.1 Å². The van der Waals surface area contributed by atoms with Gasteiger partial charge >= 0.3 is 6.09 Å². The van der Waals surface area contributed by atoms with Crippen molar-refractivity contribution in [2.45, 2.75) is 37.7 Å². The quantitative estimate of drug-likeness (QED) is 0.902. The smallest absolute Gasteiger partial charge is 0.410 e. The molecule has 0 aliphatic carbocycles. The van der Waals surface area contributed by atoms with Crippen molar-refractivity contribution in [2.24, 2.45) is 0 Å². The molecule has 23 heavy (non-hydrogen) atoms. The standard InChI is InChI=1S/C15H22N4O3S/c1-18-10-15(22-14(18)21)5-2-7-19(8-6-15)12(20)4-3-11-9-23-13(16)17-11/h9H,2-8,10H2,1H3,(H2,16,17)/t15-/m0/s1. The average molecular weight is 338 g/mol. The van der Waals surface area contributed by atoms with E-state index in [1.54, 1.807) is 11.9 Å². The van der Waals surface area contributed by atoms with E-state index in [9.17, 15) is 9.59 Å². The third-order valence-corrected chi connectivity index (χ3v) is 5.28. The Kier molecular flexibility index (Phi) is 4.43. The molecular weight excluding hydrogens is 316 g/mol. The summed E-state index contributed by atoms with van der Waals surface area (Å²) in [4.78, 5) is 31.7. The van der Waals surface area contributed by atoms with Gasteiger partial charge in [-0.3, -0.25) is 4.79 Å². The van der Waals surface area contributed by atoms with E-state index in [4.69, 9.17) is 10.5 Å². The fourth-order valence-electron chi connectivity index (χ4n) is 3.30. The maximum atomic E-state index is 12.4. The first-order chi connectivity index (χ1) is 11.0. The fourth-order valence-corrected chi connectivity index (χ4v) is 3.90. The van der Waals surface area contributed by atoms with E-state index in [-0.39, 0.29) is 12.0 Å². The minimum absolute atomic E-state index is 0.131. The molecule has 1 spiro atoms. The molecule has 0 aromatic carbocycles. The highest BCUT2D eigenvalue weighted by Gasteiger charge is 2.44. The number of ether oxygens (including phenoxy) is 1. The molecular formula is C15H22N4O3S. The van der Waals surface area contributed by atoms with Crippen LogP contribution >= 0.6 is 11.3 Å². The lowest BCUT2D eigenvalue weighted by Crippen LogP contribution is -2.36. The van der Waals surface area contributed by atoms with E-state index in [0.717, 1.165) is 25.1 Å². The Bertz CT molecular complexity index is 605. The van der Waals surface area contributed by atoms with Gasteiger partial charge in [0.25, 0.3) is 0 Å². The molecule has 0 radical (unpaired) electrons. The fraction of sp³-hybridized carbons (Fsp3) is 0.667. The number of nitrogens with zero attached hydrogens (tertiary/aromatic N) is 3. The number of nitrogens with two attached hydrogens (primary N) is 1. The number of aryl methyl sites for hydroxylation is 1. The van der Waals surface area contributed by atoms with Gasteiger partial charge in [0.15, 0.2) is 5.13 Å². The monoisotopic (exact) mass is 338 g/mol. The zero-order chi connectivity index (χ0) is 16.4. The first-order valence-electron chi connectivity index (χ1n) is 7.89. The number of likely N-dealkylation sites (N-methyl/N-ethyl adjacent to an activating group) is 1. The number of aromatic nitrogens is 1. The van der Waals surface area contributed by atoms with Gasteiger partial charge in [0, 0.05) is 38.4 Å². The van der Waals surface area contributed by atoms with Crippen LogP contribution in [0, 0.1) is 0 Å². The predicted molar refractivity (Wildman–Crippen MR) is 87.1 cm³/mol. The molecule has 1 atom stereocenters. The molecule has 2 fully saturated rings. The SMILES string of the molecule is CN1C[C@@]2(CCCN(C(=O)CCc3csc(N)n3)CC2)OC1=O. The first-order valence-corrected chi connectivity index (χ1v) is 8.77. The normalized spacial score (nSPS) is 24.8. The number of anilines is 1. The molecule has 1 aromatic rings. The summed E-state index contributed by atoms with van der Waals surface area (Å²) < 4.78 is 5.57. The number of hydrogen-bond acceptors (Lipinski definition) is 6. The second kappa shape index (κ2) is 6.35. The molecule has 126 valence electrons. The van der Waals surface area contributed by atoms with Crippen molar-refractivity contribution in [3.8, 4) is 0 Å². The molecule has 3 rings (SSSR count). The van der Waals surface area contributed by atoms with Crippen molar-refractivity contribution in [2.75, 3.05) is 32.4 Å². The molecule has 2 aliphatic heterocycles. The average Bonchev–Trinajstić information content (AvgIpc) is 2.96. The van der Waals surface area contributed by atoms with Gasteiger partial charge in [0.05, 0.1) is 12.2 Å². The highest BCUT2D eigenvalue weighted by Crippen LogP contribution is 2.32. The molecule has 3 heterocycles. The third kappa shape index (κ3) is 3.57. The number of nitrogen functional groups attached to an aromatic ring is 1. The summed E-state index contributed by atoms with van der Waals surface area (Å²) in [5.74, 6) is 0.131. The highest BCUT2D eigenvalue weighted by atomic mass is 32.1. The molecule has 1 aromatic heterocycles. The van der Waals surface area contributed by atoms with Gasteiger partial charge in [-0.1, -0.05) is 0 Å². The van der Waals surface area contributed by atoms with Crippen molar-refractivity contribution in [3.05, 3.63) is 11.1 Å². The van der Waals surface area contributed by atoms with Gasteiger partial charge in [-0.2, -0.15) is 0 Å². The Morgan fingerprint density at radius 3 is 2.96 bits per heavy atom. The Balaban J connectivity index is 1.53. The predicted octanol–water partition coefficient (Wildman–Crippen LogP) is 1.49. The molecule has 2 amide bonds. The van der Waals surface area contributed by atoms with E-state index in [2.05, 4.69) is 4.98 Å². The zero-order valence-electron chi connectivity index (χ0n) is 13.3. The Morgan fingerprint density at radius 1 is 1.48 bits per heavy atom. The summed E-state index contributed by atoms with van der Waals surface area (Å²) in [6.07, 6.45) is 3.18. The summed E-state index contributed by atoms with van der Waals surface area (Å²) in [5, 5.41) is 2.43. The molecule has 7 nitrogen and oxygen atoms in total. The molecule has 2 saturated heterocycles. The van der Waals surface area contributed by atoms with Crippen LogP contribution in [0.25, 0.3) is 0 Å². The van der Waals surface area contributed by atoms with Crippen LogP contribution in [0.5, 0.6) is 0 Å². The number of carbonyl (C=O) groups is 2. The second-order valence-electron chi connectivity index (χ2n) is 6.32. The van der Waals surface area contributed by atoms with Crippen LogP contribution in [0.4, 0.5) is 9.93 Å². The second-order valence-corrected chi connectivity index (χ2v) is 7.21. The largest absolute Gasteiger partial charge is 0.441 e. The number of carbonyl (C=O) groups excluding carboxylic acids is 2. The van der Waals surface area contributed by atoms with E-state index >= 15 is 0 Å². The van der Waals surface area contributed by atoms with Crippen molar-refractivity contribution in [1.82, 2.24) is 14.8 Å². The van der Waals surface area contributed by atoms with Gasteiger partial charge < -0.3 is 20.3 Å². The van der Waals surface area contributed by atoms with Crippen molar-refractivity contribution in [1.29, 1.82) is 0 Å². The molecule has 0 bridgehead atoms. The van der Waals surface area contributed by atoms with Crippen LogP contribution in [0.15, 0.2) is 5.38 Å². The Morgan fingerprint density at radius 2 is 2.30 bits per heavy atom. The lowest BCUT2D eigenvalue weighted by molar-refractivity contribution is -0.131. The molecule has 8 heteroatoms. The minimum Gasteiger partial charge on any atom is -0.441 e. The highest BCUT2D eigenvalue weighted by molar-refractivity contribution is 7.13. The summed E-state index contributed by atoms with van der Waals surface area (Å²) in [6.45, 7) is 1.98. The number of likely N-dealkylation sites (tertiary alicyclic amines) is 1. The van der Waals surface area contributed by atoms with Crippen molar-refractivity contribution in [3.63, 3.8) is 0 Å². The van der Waals surface area contributed by atoms with Crippen molar-refractivity contribution >= 4 is 28.5 Å². The number of hydrogen-bond donors (Lipinski definition) is 1.